The Morgan fingerprint density at radius 3 is 1.62 bits per heavy atom. The Morgan fingerprint density at radius 1 is 0.846 bits per heavy atom. The second-order valence-electron chi connectivity index (χ2n) is 3.69. The third-order valence-corrected chi connectivity index (χ3v) is 2.20. The summed E-state index contributed by atoms with van der Waals surface area (Å²) in [6.45, 7) is 5.17. The van der Waals surface area contributed by atoms with Crippen molar-refractivity contribution in [2.75, 3.05) is 0 Å². The van der Waals surface area contributed by atoms with Crippen molar-refractivity contribution in [3.05, 3.63) is 0 Å². The minimum Gasteiger partial charge on any atom is -0.390 e. The molecule has 0 bridgehead atoms. The largest absolute Gasteiger partial charge is 0.390 e. The van der Waals surface area contributed by atoms with Gasteiger partial charge in [0.1, 0.15) is 12.2 Å². The smallest absolute Gasteiger partial charge is 0.108 e. The molecular formula is C9H20O4. The monoisotopic (exact) mass is 192 g/mol. The van der Waals surface area contributed by atoms with E-state index in [1.165, 1.54) is 0 Å². The third kappa shape index (κ3) is 3.60. The van der Waals surface area contributed by atoms with E-state index in [-0.39, 0.29) is 5.92 Å². The van der Waals surface area contributed by atoms with E-state index in [0.717, 1.165) is 0 Å². The molecular weight excluding hydrogens is 172 g/mol. The van der Waals surface area contributed by atoms with Crippen LogP contribution in [0.4, 0.5) is 0 Å². The lowest BCUT2D eigenvalue weighted by Crippen LogP contribution is -2.46. The van der Waals surface area contributed by atoms with Gasteiger partial charge in [0, 0.05) is 0 Å². The molecule has 0 aromatic rings. The number of aliphatic hydroxyl groups is 4. The highest BCUT2D eigenvalue weighted by Gasteiger charge is 2.30. The lowest BCUT2D eigenvalue weighted by atomic mass is 9.94. The zero-order valence-electron chi connectivity index (χ0n) is 8.38. The summed E-state index contributed by atoms with van der Waals surface area (Å²) >= 11 is 0. The first-order valence-corrected chi connectivity index (χ1v) is 4.64. The van der Waals surface area contributed by atoms with E-state index in [1.54, 1.807) is 20.8 Å². The lowest BCUT2D eigenvalue weighted by molar-refractivity contribution is -0.115. The predicted molar refractivity (Wildman–Crippen MR) is 49.2 cm³/mol. The fourth-order valence-electron chi connectivity index (χ4n) is 1.07. The van der Waals surface area contributed by atoms with Crippen LogP contribution in [0.1, 0.15) is 27.2 Å². The summed E-state index contributed by atoms with van der Waals surface area (Å²) in [6, 6.07) is 0. The molecule has 0 amide bonds. The average Bonchev–Trinajstić information content (AvgIpc) is 2.12. The molecule has 0 unspecified atom stereocenters. The maximum atomic E-state index is 9.40. The van der Waals surface area contributed by atoms with Gasteiger partial charge < -0.3 is 20.4 Å². The molecule has 0 aliphatic heterocycles. The van der Waals surface area contributed by atoms with E-state index in [4.69, 9.17) is 0 Å². The average molecular weight is 192 g/mol. The molecule has 0 aromatic carbocycles. The summed E-state index contributed by atoms with van der Waals surface area (Å²) in [5.41, 5.74) is 0. The van der Waals surface area contributed by atoms with Crippen molar-refractivity contribution >= 4 is 0 Å². The van der Waals surface area contributed by atoms with Crippen LogP contribution in [0, 0.1) is 5.92 Å². The second-order valence-corrected chi connectivity index (χ2v) is 3.69. The van der Waals surface area contributed by atoms with Crippen molar-refractivity contribution in [1.29, 1.82) is 0 Å². The Bertz CT molecular complexity index is 138. The number of hydrogen-bond donors (Lipinski definition) is 4. The molecule has 0 fully saturated rings. The van der Waals surface area contributed by atoms with Crippen LogP contribution >= 0.6 is 0 Å². The molecule has 0 aliphatic carbocycles. The summed E-state index contributed by atoms with van der Waals surface area (Å²) < 4.78 is 0. The van der Waals surface area contributed by atoms with E-state index in [2.05, 4.69) is 0 Å². The van der Waals surface area contributed by atoms with Gasteiger partial charge in [-0.05, 0) is 12.3 Å². The Labute approximate surface area is 78.8 Å². The standard InChI is InChI=1S/C9H20O4/c1-4-6(10)8(12)9(13)7(11)5(2)3/h5-13H,4H2,1-3H3/t6-,7-,8-,9-/m1/s1. The predicted octanol–water partition coefficient (Wildman–Crippen LogP) is -0.504. The topological polar surface area (TPSA) is 80.9 Å². The summed E-state index contributed by atoms with van der Waals surface area (Å²) in [5.74, 6) is -0.145. The minimum atomic E-state index is -1.28. The second kappa shape index (κ2) is 5.54. The quantitative estimate of drug-likeness (QED) is 0.473. The molecule has 0 radical (unpaired) electrons. The van der Waals surface area contributed by atoms with Crippen molar-refractivity contribution in [3.63, 3.8) is 0 Å². The third-order valence-electron chi connectivity index (χ3n) is 2.20. The van der Waals surface area contributed by atoms with Gasteiger partial charge in [0.05, 0.1) is 12.2 Å². The van der Waals surface area contributed by atoms with Crippen molar-refractivity contribution in [3.8, 4) is 0 Å². The Morgan fingerprint density at radius 2 is 1.31 bits per heavy atom. The summed E-state index contributed by atoms with van der Waals surface area (Å²) in [4.78, 5) is 0. The maximum Gasteiger partial charge on any atom is 0.108 e. The first kappa shape index (κ1) is 12.8. The van der Waals surface area contributed by atoms with Crippen LogP contribution in [0.25, 0.3) is 0 Å². The molecule has 4 heteroatoms. The zero-order chi connectivity index (χ0) is 10.6. The molecule has 80 valence electrons. The molecule has 4 N–H and O–H groups in total. The highest BCUT2D eigenvalue weighted by molar-refractivity contribution is 4.81. The fourth-order valence-corrected chi connectivity index (χ4v) is 1.07. The number of aliphatic hydroxyl groups excluding tert-OH is 4. The fraction of sp³-hybridized carbons (Fsp3) is 1.00. The van der Waals surface area contributed by atoms with Gasteiger partial charge in [-0.25, -0.2) is 0 Å². The van der Waals surface area contributed by atoms with E-state index in [1.807, 2.05) is 0 Å². The lowest BCUT2D eigenvalue weighted by Gasteiger charge is -2.27. The van der Waals surface area contributed by atoms with Gasteiger partial charge in [0.15, 0.2) is 0 Å². The van der Waals surface area contributed by atoms with Gasteiger partial charge in [0.2, 0.25) is 0 Å². The van der Waals surface area contributed by atoms with Gasteiger partial charge >= 0.3 is 0 Å². The molecule has 0 aromatic heterocycles. The Kier molecular flexibility index (Phi) is 5.48. The molecule has 4 atom stereocenters. The molecule has 0 rings (SSSR count). The van der Waals surface area contributed by atoms with Gasteiger partial charge in [0.25, 0.3) is 0 Å². The molecule has 0 aliphatic rings. The number of hydrogen-bond acceptors (Lipinski definition) is 4. The molecule has 13 heavy (non-hydrogen) atoms. The Hall–Kier alpha value is -0.160. The van der Waals surface area contributed by atoms with Crippen LogP contribution in [0.3, 0.4) is 0 Å². The van der Waals surface area contributed by atoms with Crippen molar-refractivity contribution in [1.82, 2.24) is 0 Å². The number of rotatable bonds is 5. The van der Waals surface area contributed by atoms with Gasteiger partial charge in [-0.2, -0.15) is 0 Å². The van der Waals surface area contributed by atoms with Crippen molar-refractivity contribution < 1.29 is 20.4 Å². The molecule has 4 nitrogen and oxygen atoms in total. The van der Waals surface area contributed by atoms with E-state index < -0.39 is 24.4 Å². The Balaban J connectivity index is 4.15. The minimum absolute atomic E-state index is 0.145. The first-order chi connectivity index (χ1) is 5.91. The van der Waals surface area contributed by atoms with Crippen LogP contribution in [0.2, 0.25) is 0 Å². The molecule has 0 spiro atoms. The maximum absolute atomic E-state index is 9.40. The first-order valence-electron chi connectivity index (χ1n) is 4.64. The zero-order valence-corrected chi connectivity index (χ0v) is 8.38. The van der Waals surface area contributed by atoms with Gasteiger partial charge in [-0.3, -0.25) is 0 Å². The summed E-state index contributed by atoms with van der Waals surface area (Å²) in [7, 11) is 0. The highest BCUT2D eigenvalue weighted by Crippen LogP contribution is 2.13. The van der Waals surface area contributed by atoms with E-state index >= 15 is 0 Å². The molecule has 0 heterocycles. The highest BCUT2D eigenvalue weighted by atomic mass is 16.4. The van der Waals surface area contributed by atoms with Crippen molar-refractivity contribution in [2.24, 2.45) is 5.92 Å². The summed E-state index contributed by atoms with van der Waals surface area (Å²) in [6.07, 6.45) is -4.19. The van der Waals surface area contributed by atoms with Gasteiger partial charge in [-0.15, -0.1) is 0 Å². The van der Waals surface area contributed by atoms with Crippen molar-refractivity contribution in [2.45, 2.75) is 51.6 Å². The van der Waals surface area contributed by atoms with Crippen LogP contribution in [0.15, 0.2) is 0 Å². The SMILES string of the molecule is CC[C@@H](O)[C@@H](O)[C@H](O)[C@H](O)C(C)C. The van der Waals surface area contributed by atoms with Gasteiger partial charge in [-0.1, -0.05) is 20.8 Å². The summed E-state index contributed by atoms with van der Waals surface area (Å²) in [5, 5.41) is 37.3. The molecule has 0 saturated heterocycles. The van der Waals surface area contributed by atoms with Crippen LogP contribution in [0.5, 0.6) is 0 Å². The van der Waals surface area contributed by atoms with E-state index in [0.29, 0.717) is 6.42 Å². The van der Waals surface area contributed by atoms with Crippen LogP contribution in [-0.4, -0.2) is 44.8 Å². The normalized spacial score (nSPS) is 21.2. The van der Waals surface area contributed by atoms with Crippen LogP contribution in [-0.2, 0) is 0 Å². The van der Waals surface area contributed by atoms with E-state index in [9.17, 15) is 20.4 Å². The molecule has 0 saturated carbocycles. The van der Waals surface area contributed by atoms with Crippen LogP contribution < -0.4 is 0 Å².